The molecule has 0 aromatic carbocycles. The fraction of sp³-hybridized carbons (Fsp3) is 1.00. The molecule has 88 valence electrons. The zero-order valence-electron chi connectivity index (χ0n) is 8.52. The third-order valence-corrected chi connectivity index (χ3v) is 1.33. The van der Waals surface area contributed by atoms with Crippen LogP contribution in [-0.2, 0) is 0 Å². The highest BCUT2D eigenvalue weighted by atomic mass is 16.3. The molecule has 6 nitrogen and oxygen atoms in total. The van der Waals surface area contributed by atoms with E-state index in [2.05, 4.69) is 5.32 Å². The molecule has 0 bridgehead atoms. The van der Waals surface area contributed by atoms with Gasteiger partial charge in [-0.1, -0.05) is 0 Å². The lowest BCUT2D eigenvalue weighted by Gasteiger charge is -1.97. The number of hydrogen-bond donors (Lipinski definition) is 6. The monoisotopic (exact) mass is 209 g/mol. The Morgan fingerprint density at radius 2 is 1.79 bits per heavy atom. The Morgan fingerprint density at radius 1 is 1.14 bits per heavy atom. The van der Waals surface area contributed by atoms with E-state index in [-0.39, 0.29) is 19.8 Å². The maximum Gasteiger partial charge on any atom is 0.0892 e. The van der Waals surface area contributed by atoms with Gasteiger partial charge >= 0.3 is 0 Å². The molecular weight excluding hydrogens is 186 g/mol. The van der Waals surface area contributed by atoms with E-state index in [1.54, 1.807) is 0 Å². The van der Waals surface area contributed by atoms with Crippen LogP contribution in [0.1, 0.15) is 6.42 Å². The van der Waals surface area contributed by atoms with Crippen molar-refractivity contribution >= 4 is 0 Å². The van der Waals surface area contributed by atoms with Crippen molar-refractivity contribution in [3.05, 3.63) is 0 Å². The minimum Gasteiger partial charge on any atom is -0.395 e. The second kappa shape index (κ2) is 15.2. The second-order valence-corrected chi connectivity index (χ2v) is 2.69. The van der Waals surface area contributed by atoms with Crippen molar-refractivity contribution in [2.24, 2.45) is 11.5 Å². The van der Waals surface area contributed by atoms with Gasteiger partial charge in [0.25, 0.3) is 0 Å². The smallest absolute Gasteiger partial charge is 0.0892 e. The van der Waals surface area contributed by atoms with Crippen LogP contribution in [0.4, 0.5) is 0 Å². The lowest BCUT2D eigenvalue weighted by atomic mass is 10.4. The molecular formula is C8H23N3O3. The Labute approximate surface area is 84.9 Å². The second-order valence-electron chi connectivity index (χ2n) is 2.69. The van der Waals surface area contributed by atoms with Crippen LogP contribution in [0.3, 0.4) is 0 Å². The van der Waals surface area contributed by atoms with Gasteiger partial charge < -0.3 is 32.1 Å². The fourth-order valence-corrected chi connectivity index (χ4v) is 0.506. The molecule has 1 atom stereocenters. The van der Waals surface area contributed by atoms with Gasteiger partial charge in [-0.3, -0.25) is 0 Å². The molecule has 0 aromatic heterocycles. The first-order valence-electron chi connectivity index (χ1n) is 4.73. The summed E-state index contributed by atoms with van der Waals surface area (Å²) < 4.78 is 0. The Balaban J connectivity index is 0. The number of aliphatic hydroxyl groups is 3. The van der Waals surface area contributed by atoms with Gasteiger partial charge in [-0.2, -0.15) is 0 Å². The van der Waals surface area contributed by atoms with Crippen LogP contribution in [0.5, 0.6) is 0 Å². The predicted molar refractivity (Wildman–Crippen MR) is 55.8 cm³/mol. The van der Waals surface area contributed by atoms with Crippen LogP contribution in [0.2, 0.25) is 0 Å². The molecule has 0 aliphatic rings. The zero-order valence-corrected chi connectivity index (χ0v) is 8.52. The normalized spacial score (nSPS) is 11.8. The summed E-state index contributed by atoms with van der Waals surface area (Å²) in [6.07, 6.45) is 0.255. The van der Waals surface area contributed by atoms with Crippen molar-refractivity contribution in [3.63, 3.8) is 0 Å². The topological polar surface area (TPSA) is 125 Å². The van der Waals surface area contributed by atoms with Gasteiger partial charge in [-0.15, -0.1) is 0 Å². The highest BCUT2D eigenvalue weighted by Crippen LogP contribution is 1.69. The van der Waals surface area contributed by atoms with E-state index >= 15 is 0 Å². The molecule has 6 heteroatoms. The van der Waals surface area contributed by atoms with Gasteiger partial charge in [-0.05, 0) is 19.5 Å². The van der Waals surface area contributed by atoms with Gasteiger partial charge in [-0.25, -0.2) is 0 Å². The molecule has 14 heavy (non-hydrogen) atoms. The van der Waals surface area contributed by atoms with E-state index in [9.17, 15) is 0 Å². The Hall–Kier alpha value is -0.240. The quantitative estimate of drug-likeness (QED) is 0.252. The van der Waals surface area contributed by atoms with Crippen molar-refractivity contribution in [3.8, 4) is 0 Å². The van der Waals surface area contributed by atoms with E-state index in [1.807, 2.05) is 0 Å². The van der Waals surface area contributed by atoms with Crippen LogP contribution < -0.4 is 16.8 Å². The van der Waals surface area contributed by atoms with Gasteiger partial charge in [0.05, 0.1) is 19.3 Å². The van der Waals surface area contributed by atoms with Gasteiger partial charge in [0, 0.05) is 13.1 Å². The first-order valence-corrected chi connectivity index (χ1v) is 4.73. The zero-order chi connectivity index (χ0) is 11.2. The molecule has 0 aliphatic carbocycles. The van der Waals surface area contributed by atoms with E-state index < -0.39 is 6.10 Å². The number of hydrogen-bond acceptors (Lipinski definition) is 6. The molecule has 0 spiro atoms. The summed E-state index contributed by atoms with van der Waals surface area (Å²) in [4.78, 5) is 0. The highest BCUT2D eigenvalue weighted by Gasteiger charge is 1.92. The highest BCUT2D eigenvalue weighted by molar-refractivity contribution is 4.48. The number of nitrogens with two attached hydrogens (primary N) is 2. The maximum absolute atomic E-state index is 8.29. The van der Waals surface area contributed by atoms with Gasteiger partial charge in [0.1, 0.15) is 0 Å². The SMILES string of the molecule is NCC(O)CO.NCCCNCCO. The molecule has 0 rings (SSSR count). The third-order valence-electron chi connectivity index (χ3n) is 1.33. The largest absolute Gasteiger partial charge is 0.395 e. The van der Waals surface area contributed by atoms with Crippen molar-refractivity contribution in [1.82, 2.24) is 5.32 Å². The number of aliphatic hydroxyl groups excluding tert-OH is 3. The van der Waals surface area contributed by atoms with Crippen molar-refractivity contribution in [2.45, 2.75) is 12.5 Å². The van der Waals surface area contributed by atoms with Crippen LogP contribution in [0, 0.1) is 0 Å². The van der Waals surface area contributed by atoms with E-state index in [0.717, 1.165) is 19.5 Å². The first-order chi connectivity index (χ1) is 6.72. The first kappa shape index (κ1) is 16.2. The van der Waals surface area contributed by atoms with Crippen LogP contribution in [0.15, 0.2) is 0 Å². The van der Waals surface area contributed by atoms with Gasteiger partial charge in [0.2, 0.25) is 0 Å². The molecule has 0 aromatic rings. The Morgan fingerprint density at radius 3 is 2.07 bits per heavy atom. The summed E-state index contributed by atoms with van der Waals surface area (Å²) in [7, 11) is 0. The molecule has 8 N–H and O–H groups in total. The lowest BCUT2D eigenvalue weighted by molar-refractivity contribution is 0.102. The van der Waals surface area contributed by atoms with Crippen molar-refractivity contribution < 1.29 is 15.3 Å². The minimum atomic E-state index is -0.731. The Bertz CT molecular complexity index is 85.9. The summed E-state index contributed by atoms with van der Waals surface area (Å²) in [5.41, 5.74) is 10.1. The third kappa shape index (κ3) is 17.7. The summed E-state index contributed by atoms with van der Waals surface area (Å²) in [6.45, 7) is 2.42. The lowest BCUT2D eigenvalue weighted by Crippen LogP contribution is -2.22. The van der Waals surface area contributed by atoms with Gasteiger partial charge in [0.15, 0.2) is 0 Å². The summed E-state index contributed by atoms with van der Waals surface area (Å²) >= 11 is 0. The summed E-state index contributed by atoms with van der Waals surface area (Å²) in [5.74, 6) is 0. The van der Waals surface area contributed by atoms with Crippen LogP contribution in [0.25, 0.3) is 0 Å². The average Bonchev–Trinajstić information content (AvgIpc) is 2.24. The van der Waals surface area contributed by atoms with E-state index in [1.165, 1.54) is 0 Å². The number of rotatable bonds is 7. The molecule has 0 heterocycles. The van der Waals surface area contributed by atoms with Crippen molar-refractivity contribution in [1.29, 1.82) is 0 Å². The van der Waals surface area contributed by atoms with Crippen LogP contribution >= 0.6 is 0 Å². The molecule has 0 amide bonds. The molecule has 1 unspecified atom stereocenters. The minimum absolute atomic E-state index is 0.135. The van der Waals surface area contributed by atoms with E-state index in [0.29, 0.717) is 6.54 Å². The molecule has 0 aliphatic heterocycles. The number of nitrogens with one attached hydrogen (secondary N) is 1. The fourth-order valence-electron chi connectivity index (χ4n) is 0.506. The Kier molecular flexibility index (Phi) is 17.6. The summed E-state index contributed by atoms with van der Waals surface area (Å²) in [6, 6.07) is 0. The molecule has 0 saturated carbocycles. The van der Waals surface area contributed by atoms with Crippen LogP contribution in [-0.4, -0.2) is 60.8 Å². The molecule has 0 fully saturated rings. The predicted octanol–water partition coefficient (Wildman–Crippen LogP) is -2.78. The molecule has 0 saturated heterocycles. The average molecular weight is 209 g/mol. The summed E-state index contributed by atoms with van der Waals surface area (Å²) in [5, 5.41) is 27.6. The maximum atomic E-state index is 8.29. The van der Waals surface area contributed by atoms with E-state index in [4.69, 9.17) is 26.8 Å². The molecule has 0 radical (unpaired) electrons. The standard InChI is InChI=1S/C5H14N2O.C3H9NO2/c6-2-1-3-7-4-5-8;4-1-3(6)2-5/h7-8H,1-6H2;3,5-6H,1-2,4H2. The van der Waals surface area contributed by atoms with Crippen molar-refractivity contribution in [2.75, 3.05) is 39.4 Å².